The first-order valence-corrected chi connectivity index (χ1v) is 8.90. The highest BCUT2D eigenvalue weighted by Gasteiger charge is 2.25. The molecule has 0 saturated carbocycles. The number of aliphatic hydroxyl groups is 1. The van der Waals surface area contributed by atoms with E-state index in [2.05, 4.69) is 20.7 Å². The molecule has 0 spiro atoms. The molecule has 0 saturated heterocycles. The van der Waals surface area contributed by atoms with Crippen LogP contribution in [0.2, 0.25) is 0 Å². The van der Waals surface area contributed by atoms with Gasteiger partial charge in [0.05, 0.1) is 25.9 Å². The van der Waals surface area contributed by atoms with E-state index in [0.29, 0.717) is 25.7 Å². The van der Waals surface area contributed by atoms with Crippen LogP contribution in [-0.2, 0) is 19.2 Å². The maximum atomic E-state index is 10.7. The number of guanidine groups is 1. The summed E-state index contributed by atoms with van der Waals surface area (Å²) in [4.78, 5) is 4.61. The van der Waals surface area contributed by atoms with Crippen LogP contribution in [0.3, 0.4) is 0 Å². The Morgan fingerprint density at radius 2 is 2.08 bits per heavy atom. The number of aryl methyl sites for hydroxylation is 1. The molecule has 26 heavy (non-hydrogen) atoms. The number of ether oxygens (including phenoxy) is 1. The van der Waals surface area contributed by atoms with Crippen molar-refractivity contribution < 1.29 is 9.84 Å². The zero-order valence-corrected chi connectivity index (χ0v) is 16.0. The van der Waals surface area contributed by atoms with Gasteiger partial charge in [-0.3, -0.25) is 4.68 Å². The van der Waals surface area contributed by atoms with Gasteiger partial charge in [-0.05, 0) is 26.8 Å². The van der Waals surface area contributed by atoms with Crippen molar-refractivity contribution in [2.24, 2.45) is 12.0 Å². The SMILES string of the molecule is CCNC(=NCc1ccccc1OCC)NCC(C)(O)c1cnn(C)c1. The smallest absolute Gasteiger partial charge is 0.191 e. The first kappa shape index (κ1) is 19.8. The molecule has 7 nitrogen and oxygen atoms in total. The molecule has 0 aliphatic heterocycles. The second kappa shape index (κ2) is 9.24. The van der Waals surface area contributed by atoms with Gasteiger partial charge in [0.25, 0.3) is 0 Å². The first-order chi connectivity index (χ1) is 12.5. The number of aliphatic imine (C=N–C) groups is 1. The predicted molar refractivity (Wildman–Crippen MR) is 103 cm³/mol. The van der Waals surface area contributed by atoms with Gasteiger partial charge in [-0.1, -0.05) is 18.2 Å². The fourth-order valence-corrected chi connectivity index (χ4v) is 2.49. The van der Waals surface area contributed by atoms with Crippen LogP contribution in [0.15, 0.2) is 41.7 Å². The minimum absolute atomic E-state index is 0.317. The molecule has 0 aliphatic rings. The van der Waals surface area contributed by atoms with Crippen LogP contribution in [0.4, 0.5) is 0 Å². The molecule has 0 bridgehead atoms. The molecule has 1 atom stereocenters. The van der Waals surface area contributed by atoms with E-state index in [9.17, 15) is 5.11 Å². The lowest BCUT2D eigenvalue weighted by Gasteiger charge is -2.23. The molecule has 1 aromatic carbocycles. The maximum absolute atomic E-state index is 10.7. The van der Waals surface area contributed by atoms with Gasteiger partial charge in [0, 0.05) is 30.9 Å². The van der Waals surface area contributed by atoms with Gasteiger partial charge in [-0.25, -0.2) is 4.99 Å². The summed E-state index contributed by atoms with van der Waals surface area (Å²) in [6.45, 7) is 7.88. The average molecular weight is 359 g/mol. The second-order valence-electron chi connectivity index (χ2n) is 6.27. The molecule has 3 N–H and O–H groups in total. The Morgan fingerprint density at radius 3 is 2.73 bits per heavy atom. The van der Waals surface area contributed by atoms with E-state index < -0.39 is 5.60 Å². The van der Waals surface area contributed by atoms with Gasteiger partial charge in [0.15, 0.2) is 5.96 Å². The van der Waals surface area contributed by atoms with Crippen molar-refractivity contribution in [3.63, 3.8) is 0 Å². The van der Waals surface area contributed by atoms with Crippen molar-refractivity contribution in [2.75, 3.05) is 19.7 Å². The van der Waals surface area contributed by atoms with Crippen molar-refractivity contribution >= 4 is 5.96 Å². The Bertz CT molecular complexity index is 724. The standard InChI is InChI=1S/C19H29N5O2/c1-5-20-18(21-11-15-9-7-8-10-17(15)26-6-2)22-14-19(3,25)16-12-23-24(4)13-16/h7-10,12-13,25H,5-6,11,14H2,1-4H3,(H2,20,21,22). The van der Waals surface area contributed by atoms with Crippen LogP contribution in [0, 0.1) is 0 Å². The fourth-order valence-electron chi connectivity index (χ4n) is 2.49. The third kappa shape index (κ3) is 5.49. The summed E-state index contributed by atoms with van der Waals surface area (Å²) in [5.74, 6) is 1.49. The number of para-hydroxylation sites is 1. The van der Waals surface area contributed by atoms with E-state index in [1.54, 1.807) is 17.8 Å². The van der Waals surface area contributed by atoms with Gasteiger partial charge in [-0.2, -0.15) is 5.10 Å². The number of nitrogens with one attached hydrogen (secondary N) is 2. The highest BCUT2D eigenvalue weighted by atomic mass is 16.5. The third-order valence-corrected chi connectivity index (χ3v) is 3.95. The summed E-state index contributed by atoms with van der Waals surface area (Å²) in [5.41, 5.74) is 0.726. The lowest BCUT2D eigenvalue weighted by Crippen LogP contribution is -2.44. The molecule has 142 valence electrons. The van der Waals surface area contributed by atoms with Crippen molar-refractivity contribution in [2.45, 2.75) is 32.9 Å². The summed E-state index contributed by atoms with van der Waals surface area (Å²) < 4.78 is 7.32. The molecule has 0 radical (unpaired) electrons. The van der Waals surface area contributed by atoms with Gasteiger partial charge in [-0.15, -0.1) is 0 Å². The van der Waals surface area contributed by atoms with Crippen LogP contribution < -0.4 is 15.4 Å². The van der Waals surface area contributed by atoms with E-state index in [4.69, 9.17) is 4.74 Å². The molecule has 7 heteroatoms. The highest BCUT2D eigenvalue weighted by Crippen LogP contribution is 2.19. The summed E-state index contributed by atoms with van der Waals surface area (Å²) in [5, 5.41) is 21.2. The van der Waals surface area contributed by atoms with Crippen LogP contribution in [0.1, 0.15) is 31.9 Å². The van der Waals surface area contributed by atoms with Crippen LogP contribution in [0.25, 0.3) is 0 Å². The average Bonchev–Trinajstić information content (AvgIpc) is 3.06. The Kier molecular flexibility index (Phi) is 7.03. The summed E-state index contributed by atoms with van der Waals surface area (Å²) >= 11 is 0. The third-order valence-electron chi connectivity index (χ3n) is 3.95. The van der Waals surface area contributed by atoms with Crippen molar-refractivity contribution in [1.29, 1.82) is 0 Å². The number of aromatic nitrogens is 2. The summed E-state index contributed by atoms with van der Waals surface area (Å²) in [6, 6.07) is 7.87. The Morgan fingerprint density at radius 1 is 1.31 bits per heavy atom. The van der Waals surface area contributed by atoms with E-state index in [0.717, 1.165) is 23.4 Å². The molecule has 2 aromatic rings. The Labute approximate surface area is 155 Å². The van der Waals surface area contributed by atoms with Crippen molar-refractivity contribution in [1.82, 2.24) is 20.4 Å². The topological polar surface area (TPSA) is 83.7 Å². The van der Waals surface area contributed by atoms with Gasteiger partial charge < -0.3 is 20.5 Å². The molecule has 0 amide bonds. The normalized spacial score (nSPS) is 14.0. The lowest BCUT2D eigenvalue weighted by molar-refractivity contribution is 0.0616. The zero-order valence-electron chi connectivity index (χ0n) is 16.0. The number of benzene rings is 1. The Balaban J connectivity index is 2.05. The monoisotopic (exact) mass is 359 g/mol. The lowest BCUT2D eigenvalue weighted by atomic mass is 10.00. The first-order valence-electron chi connectivity index (χ1n) is 8.90. The quantitative estimate of drug-likeness (QED) is 0.494. The minimum atomic E-state index is -1.05. The number of hydrogen-bond acceptors (Lipinski definition) is 4. The summed E-state index contributed by atoms with van der Waals surface area (Å²) in [7, 11) is 1.83. The zero-order chi connectivity index (χ0) is 19.0. The van der Waals surface area contributed by atoms with Crippen LogP contribution >= 0.6 is 0 Å². The number of hydrogen-bond donors (Lipinski definition) is 3. The fraction of sp³-hybridized carbons (Fsp3) is 0.474. The highest BCUT2D eigenvalue weighted by molar-refractivity contribution is 5.79. The molecule has 2 rings (SSSR count). The molecule has 1 aromatic heterocycles. The van der Waals surface area contributed by atoms with E-state index in [1.165, 1.54) is 0 Å². The molecule has 1 unspecified atom stereocenters. The predicted octanol–water partition coefficient (Wildman–Crippen LogP) is 1.78. The van der Waals surface area contributed by atoms with Crippen LogP contribution in [-0.4, -0.2) is 40.5 Å². The molecule has 0 aliphatic carbocycles. The minimum Gasteiger partial charge on any atom is -0.494 e. The number of nitrogens with zero attached hydrogens (tertiary/aromatic N) is 3. The molecular weight excluding hydrogens is 330 g/mol. The number of rotatable bonds is 8. The van der Waals surface area contributed by atoms with Crippen molar-refractivity contribution in [3.8, 4) is 5.75 Å². The van der Waals surface area contributed by atoms with Crippen LogP contribution in [0.5, 0.6) is 5.75 Å². The van der Waals surface area contributed by atoms with Gasteiger partial charge >= 0.3 is 0 Å². The maximum Gasteiger partial charge on any atom is 0.191 e. The van der Waals surface area contributed by atoms with E-state index >= 15 is 0 Å². The van der Waals surface area contributed by atoms with Gasteiger partial charge in [0.1, 0.15) is 11.4 Å². The second-order valence-corrected chi connectivity index (χ2v) is 6.27. The molecular formula is C19H29N5O2. The molecule has 0 fully saturated rings. The largest absolute Gasteiger partial charge is 0.494 e. The van der Waals surface area contributed by atoms with E-state index in [1.807, 2.05) is 51.4 Å². The Hall–Kier alpha value is -2.54. The molecule has 1 heterocycles. The van der Waals surface area contributed by atoms with Gasteiger partial charge in [0.2, 0.25) is 0 Å². The van der Waals surface area contributed by atoms with E-state index in [-0.39, 0.29) is 0 Å². The summed E-state index contributed by atoms with van der Waals surface area (Å²) in [6.07, 6.45) is 3.48. The van der Waals surface area contributed by atoms with Crippen molar-refractivity contribution in [3.05, 3.63) is 47.8 Å².